The normalized spacial score (nSPS) is 8.55. The molecular weight excluding hydrogens is 361 g/mol. The van der Waals surface area contributed by atoms with Gasteiger partial charge >= 0.3 is 5.97 Å². The minimum atomic E-state index is -1.16. The number of aromatic carboxylic acids is 1. The van der Waals surface area contributed by atoms with Gasteiger partial charge in [0.05, 0.1) is 6.61 Å². The predicted molar refractivity (Wildman–Crippen MR) is 65.7 cm³/mol. The van der Waals surface area contributed by atoms with Gasteiger partial charge in [-0.3, -0.25) is 9.59 Å². The first-order valence-corrected chi connectivity index (χ1v) is 5.36. The van der Waals surface area contributed by atoms with Gasteiger partial charge in [-0.05, 0) is 19.9 Å². The summed E-state index contributed by atoms with van der Waals surface area (Å²) in [6, 6.07) is 1.27. The zero-order valence-corrected chi connectivity index (χ0v) is 12.7. The number of Topliss-reactive ketones (excluding diaryl/α,β-unsaturated/α-hetero) is 1. The van der Waals surface area contributed by atoms with E-state index in [1.807, 2.05) is 0 Å². The van der Waals surface area contributed by atoms with E-state index in [9.17, 15) is 9.59 Å². The van der Waals surface area contributed by atoms with E-state index in [0.717, 1.165) is 6.92 Å². The average Bonchev–Trinajstić information content (AvgIpc) is 2.28. The molecule has 0 aromatic carbocycles. The first-order valence-electron chi connectivity index (χ1n) is 5.36. The molecule has 0 saturated heterocycles. The van der Waals surface area contributed by atoms with E-state index in [-0.39, 0.29) is 43.2 Å². The molecule has 0 aliphatic carbocycles. The van der Waals surface area contributed by atoms with E-state index in [4.69, 9.17) is 19.7 Å². The molecule has 0 unspecified atom stereocenters. The number of carbonyl (C=O) groups is 3. The van der Waals surface area contributed by atoms with E-state index >= 15 is 0 Å². The average molecular weight is 376 g/mol. The summed E-state index contributed by atoms with van der Waals surface area (Å²) < 4.78 is 5.03. The van der Waals surface area contributed by atoms with Gasteiger partial charge in [0.15, 0.2) is 5.78 Å². The molecule has 114 valence electrons. The Bertz CT molecular complexity index is 485. The fraction of sp³-hybridized carbons (Fsp3) is 0.333. The van der Waals surface area contributed by atoms with Crippen LogP contribution >= 0.6 is 0 Å². The van der Waals surface area contributed by atoms with Crippen LogP contribution in [0.25, 0.3) is 0 Å². The first kappa shape index (κ1) is 20.5. The molecule has 2 N–H and O–H groups in total. The number of nitrogens with zero attached hydrogens (tertiary/aromatic N) is 1. The Kier molecular flexibility index (Phi) is 10.3. The molecule has 0 saturated carbocycles. The summed E-state index contributed by atoms with van der Waals surface area (Å²) >= 11 is 0. The third-order valence-electron chi connectivity index (χ3n) is 1.77. The minimum absolute atomic E-state index is 0. The molecule has 0 fully saturated rings. The Balaban J connectivity index is 0. The van der Waals surface area contributed by atoms with Crippen molar-refractivity contribution < 1.29 is 49.8 Å². The zero-order chi connectivity index (χ0) is 15.0. The minimum Gasteiger partial charge on any atom is -0.481 e. The summed E-state index contributed by atoms with van der Waals surface area (Å²) in [6.07, 6.45) is 1.31. The van der Waals surface area contributed by atoms with Gasteiger partial charge in [0.25, 0.3) is 5.97 Å². The zero-order valence-electron chi connectivity index (χ0n) is 11.2. The van der Waals surface area contributed by atoms with Crippen molar-refractivity contribution >= 4 is 17.7 Å². The van der Waals surface area contributed by atoms with Crippen LogP contribution in [-0.2, 0) is 25.2 Å². The van der Waals surface area contributed by atoms with Gasteiger partial charge in [0, 0.05) is 39.1 Å². The Morgan fingerprint density at radius 1 is 1.25 bits per heavy atom. The number of aromatic nitrogens is 1. The number of ether oxygens (including phenoxy) is 1. The second-order valence-corrected chi connectivity index (χ2v) is 3.39. The summed E-state index contributed by atoms with van der Waals surface area (Å²) in [7, 11) is 0. The van der Waals surface area contributed by atoms with E-state index < -0.39 is 11.9 Å². The summed E-state index contributed by atoms with van der Waals surface area (Å²) in [5.41, 5.74) is 0.167. The standard InChI is InChI=1S/C10H11NO4.C2H4O2.Pd/c1-3-15-9-8(10(13)14)4-7(5-11-9)6(2)12;1-2(3)4;/h4-5H,3H2,1-2H3,(H,13,14);1H3,(H,3,4);. The molecule has 0 spiro atoms. The van der Waals surface area contributed by atoms with Crippen molar-refractivity contribution in [1.82, 2.24) is 4.98 Å². The van der Waals surface area contributed by atoms with Gasteiger partial charge < -0.3 is 14.9 Å². The molecule has 7 nitrogen and oxygen atoms in total. The molecule has 0 amide bonds. The maximum Gasteiger partial charge on any atom is 0.341 e. The molecular formula is C12H15NO6Pd. The molecule has 0 aliphatic heterocycles. The maximum atomic E-state index is 11.0. The fourth-order valence-corrected chi connectivity index (χ4v) is 1.05. The van der Waals surface area contributed by atoms with Crippen LogP contribution in [0.3, 0.4) is 0 Å². The molecule has 0 aliphatic rings. The Morgan fingerprint density at radius 3 is 2.10 bits per heavy atom. The number of carbonyl (C=O) groups excluding carboxylic acids is 1. The number of ketones is 1. The van der Waals surface area contributed by atoms with Gasteiger partial charge in [0.2, 0.25) is 5.88 Å². The number of carboxylic acid groups (broad SMARTS) is 2. The largest absolute Gasteiger partial charge is 0.481 e. The second-order valence-electron chi connectivity index (χ2n) is 3.39. The van der Waals surface area contributed by atoms with Crippen molar-refractivity contribution in [2.75, 3.05) is 6.61 Å². The number of carboxylic acids is 2. The van der Waals surface area contributed by atoms with E-state index in [2.05, 4.69) is 4.98 Å². The van der Waals surface area contributed by atoms with E-state index in [1.165, 1.54) is 19.2 Å². The second kappa shape index (κ2) is 10.1. The van der Waals surface area contributed by atoms with E-state index in [0.29, 0.717) is 6.61 Å². The monoisotopic (exact) mass is 375 g/mol. The van der Waals surface area contributed by atoms with Crippen molar-refractivity contribution in [1.29, 1.82) is 0 Å². The Labute approximate surface area is 129 Å². The molecule has 1 rings (SSSR count). The van der Waals surface area contributed by atoms with Gasteiger partial charge in [-0.1, -0.05) is 0 Å². The third-order valence-corrected chi connectivity index (χ3v) is 1.77. The van der Waals surface area contributed by atoms with Gasteiger partial charge in [0.1, 0.15) is 5.56 Å². The van der Waals surface area contributed by atoms with Gasteiger partial charge in [-0.2, -0.15) is 0 Å². The smallest absolute Gasteiger partial charge is 0.341 e. The van der Waals surface area contributed by atoms with Crippen LogP contribution < -0.4 is 4.74 Å². The van der Waals surface area contributed by atoms with Crippen molar-refractivity contribution in [3.05, 3.63) is 23.4 Å². The third kappa shape index (κ3) is 7.61. The summed E-state index contributed by atoms with van der Waals surface area (Å²) in [5, 5.41) is 16.3. The topological polar surface area (TPSA) is 114 Å². The van der Waals surface area contributed by atoms with Crippen LogP contribution in [0.5, 0.6) is 5.88 Å². The molecule has 1 aromatic heterocycles. The number of hydrogen-bond donors (Lipinski definition) is 2. The van der Waals surface area contributed by atoms with Crippen molar-refractivity contribution in [3.8, 4) is 5.88 Å². The molecule has 0 radical (unpaired) electrons. The van der Waals surface area contributed by atoms with Crippen LogP contribution in [0.4, 0.5) is 0 Å². The molecule has 0 bridgehead atoms. The van der Waals surface area contributed by atoms with Crippen LogP contribution in [0.1, 0.15) is 41.5 Å². The number of hydrogen-bond acceptors (Lipinski definition) is 5. The molecule has 0 atom stereocenters. The molecule has 1 aromatic rings. The van der Waals surface area contributed by atoms with Crippen molar-refractivity contribution in [2.45, 2.75) is 20.8 Å². The maximum absolute atomic E-state index is 11.0. The molecule has 8 heteroatoms. The SMILES string of the molecule is CC(=O)O.CCOc1ncc(C(C)=O)cc1C(=O)O.[Pd]. The van der Waals surface area contributed by atoms with Gasteiger partial charge in [-0.15, -0.1) is 0 Å². The van der Waals surface area contributed by atoms with Crippen LogP contribution in [0, 0.1) is 0 Å². The summed E-state index contributed by atoms with van der Waals surface area (Å²) in [5.74, 6) is -2.18. The van der Waals surface area contributed by atoms with E-state index in [1.54, 1.807) is 6.92 Å². The van der Waals surface area contributed by atoms with Crippen LogP contribution in [0.2, 0.25) is 0 Å². The van der Waals surface area contributed by atoms with Crippen molar-refractivity contribution in [3.63, 3.8) is 0 Å². The quantitative estimate of drug-likeness (QED) is 0.605. The fourth-order valence-electron chi connectivity index (χ4n) is 1.05. The van der Waals surface area contributed by atoms with Crippen LogP contribution in [0.15, 0.2) is 12.3 Å². The number of rotatable bonds is 4. The van der Waals surface area contributed by atoms with Crippen molar-refractivity contribution in [2.24, 2.45) is 0 Å². The molecule has 1 heterocycles. The summed E-state index contributed by atoms with van der Waals surface area (Å²) in [6.45, 7) is 4.49. The Hall–Kier alpha value is -1.78. The summed E-state index contributed by atoms with van der Waals surface area (Å²) in [4.78, 5) is 34.6. The predicted octanol–water partition coefficient (Wildman–Crippen LogP) is 1.47. The van der Waals surface area contributed by atoms with Gasteiger partial charge in [-0.25, -0.2) is 9.78 Å². The molecule has 20 heavy (non-hydrogen) atoms. The number of pyridine rings is 1. The first-order chi connectivity index (χ1) is 8.79. The Morgan fingerprint density at radius 2 is 1.75 bits per heavy atom. The van der Waals surface area contributed by atoms with Crippen LogP contribution in [-0.4, -0.2) is 39.5 Å². The number of aliphatic carboxylic acids is 1.